The summed E-state index contributed by atoms with van der Waals surface area (Å²) in [6.45, 7) is 4.71. The maximum Gasteiger partial charge on any atom is 0.254 e. The number of H-pyrrole nitrogens is 1. The number of hydrogen-bond acceptors (Lipinski definition) is 4. The van der Waals surface area contributed by atoms with Gasteiger partial charge >= 0.3 is 0 Å². The van der Waals surface area contributed by atoms with E-state index in [1.54, 1.807) is 30.9 Å². The fourth-order valence-corrected chi connectivity index (χ4v) is 3.33. The van der Waals surface area contributed by atoms with E-state index in [-0.39, 0.29) is 29.7 Å². The molecule has 1 fully saturated rings. The average Bonchev–Trinajstić information content (AvgIpc) is 2.60. The Morgan fingerprint density at radius 3 is 2.77 bits per heavy atom. The highest BCUT2D eigenvalue weighted by Crippen LogP contribution is 2.17. The summed E-state index contributed by atoms with van der Waals surface area (Å²) in [6, 6.07) is 6.31. The van der Waals surface area contributed by atoms with E-state index < -0.39 is 0 Å². The van der Waals surface area contributed by atoms with Crippen molar-refractivity contribution >= 4 is 11.6 Å². The Hall–Kier alpha value is -2.70. The van der Waals surface area contributed by atoms with Crippen LogP contribution in [0.1, 0.15) is 29.9 Å². The van der Waals surface area contributed by atoms with Crippen LogP contribution in [0.15, 0.2) is 29.1 Å². The molecule has 1 unspecified atom stereocenters. The minimum Gasteiger partial charge on any atom is -0.381 e. The van der Waals surface area contributed by atoms with Gasteiger partial charge in [-0.3, -0.25) is 9.59 Å². The lowest BCUT2D eigenvalue weighted by Crippen LogP contribution is -2.46. The maximum absolute atomic E-state index is 13.0. The smallest absolute Gasteiger partial charge is 0.254 e. The predicted octanol–water partition coefficient (Wildman–Crippen LogP) is 2.17. The number of halogens is 1. The van der Waals surface area contributed by atoms with Crippen LogP contribution in [-0.2, 0) is 11.2 Å². The fourth-order valence-electron chi connectivity index (χ4n) is 3.33. The van der Waals surface area contributed by atoms with Crippen molar-refractivity contribution in [3.63, 3.8) is 0 Å². The van der Waals surface area contributed by atoms with Gasteiger partial charge in [-0.05, 0) is 51.0 Å². The van der Waals surface area contributed by atoms with E-state index >= 15 is 0 Å². The van der Waals surface area contributed by atoms with Crippen LogP contribution >= 0.6 is 0 Å². The van der Waals surface area contributed by atoms with E-state index in [1.165, 1.54) is 12.1 Å². The van der Waals surface area contributed by atoms with Gasteiger partial charge in [-0.15, -0.1) is 0 Å². The molecule has 0 aliphatic carbocycles. The number of aromatic nitrogens is 2. The van der Waals surface area contributed by atoms with Crippen LogP contribution in [0.2, 0.25) is 0 Å². The summed E-state index contributed by atoms with van der Waals surface area (Å²) in [5.74, 6) is 0.198. The molecule has 1 aliphatic heterocycles. The number of benzene rings is 1. The van der Waals surface area contributed by atoms with Crippen molar-refractivity contribution in [2.24, 2.45) is 0 Å². The van der Waals surface area contributed by atoms with Crippen molar-refractivity contribution < 1.29 is 9.18 Å². The molecule has 2 N–H and O–H groups in total. The number of anilines is 1. The van der Waals surface area contributed by atoms with Gasteiger partial charge in [-0.25, -0.2) is 9.37 Å². The molecule has 1 atom stereocenters. The van der Waals surface area contributed by atoms with E-state index in [0.29, 0.717) is 30.2 Å². The highest BCUT2D eigenvalue weighted by atomic mass is 19.1. The molecular weight excluding hydrogens is 335 g/mol. The molecule has 2 heterocycles. The lowest BCUT2D eigenvalue weighted by molar-refractivity contribution is -0.131. The van der Waals surface area contributed by atoms with Crippen molar-refractivity contribution in [3.05, 3.63) is 57.5 Å². The Morgan fingerprint density at radius 1 is 1.35 bits per heavy atom. The molecular formula is C19H23FN4O2. The third-order valence-corrected chi connectivity index (χ3v) is 4.66. The minimum absolute atomic E-state index is 0.0533. The summed E-state index contributed by atoms with van der Waals surface area (Å²) in [5, 5.41) is 3.35. The highest BCUT2D eigenvalue weighted by Gasteiger charge is 2.25. The van der Waals surface area contributed by atoms with Crippen molar-refractivity contribution in [1.82, 2.24) is 14.9 Å². The first-order chi connectivity index (χ1) is 12.4. The molecule has 1 aliphatic rings. The summed E-state index contributed by atoms with van der Waals surface area (Å²) in [5.41, 5.74) is 1.61. The summed E-state index contributed by atoms with van der Waals surface area (Å²) in [7, 11) is 0. The standard InChI is InChI=1S/C19H23FN4O2/c1-12-17(19(26)22-13(2)21-12)10-18(25)24-9-3-4-16(11-24)23-15-7-5-14(20)6-8-15/h5-8,16,23H,3-4,9-11H2,1-2H3,(H,21,22,26). The number of carbonyl (C=O) groups excluding carboxylic acids is 1. The molecule has 6 nitrogen and oxygen atoms in total. The van der Waals surface area contributed by atoms with Gasteiger partial charge in [0.2, 0.25) is 5.91 Å². The first-order valence-electron chi connectivity index (χ1n) is 8.78. The van der Waals surface area contributed by atoms with Crippen molar-refractivity contribution in [1.29, 1.82) is 0 Å². The predicted molar refractivity (Wildman–Crippen MR) is 97.7 cm³/mol. The number of rotatable bonds is 4. The second-order valence-corrected chi connectivity index (χ2v) is 6.72. The molecule has 3 rings (SSSR count). The van der Waals surface area contributed by atoms with Crippen LogP contribution in [0, 0.1) is 19.7 Å². The summed E-state index contributed by atoms with van der Waals surface area (Å²) >= 11 is 0. The van der Waals surface area contributed by atoms with Gasteiger partial charge in [0.05, 0.1) is 6.42 Å². The van der Waals surface area contributed by atoms with Gasteiger partial charge in [0.1, 0.15) is 11.6 Å². The summed E-state index contributed by atoms with van der Waals surface area (Å²) in [4.78, 5) is 33.4. The minimum atomic E-state index is -0.275. The Bertz CT molecular complexity index is 848. The second-order valence-electron chi connectivity index (χ2n) is 6.72. The maximum atomic E-state index is 13.0. The van der Waals surface area contributed by atoms with Gasteiger partial charge in [-0.1, -0.05) is 0 Å². The zero-order chi connectivity index (χ0) is 18.7. The van der Waals surface area contributed by atoms with E-state index in [2.05, 4.69) is 15.3 Å². The Labute approximate surface area is 151 Å². The van der Waals surface area contributed by atoms with Crippen LogP contribution in [0.3, 0.4) is 0 Å². The summed E-state index contributed by atoms with van der Waals surface area (Å²) in [6.07, 6.45) is 1.87. The lowest BCUT2D eigenvalue weighted by atomic mass is 10.0. The monoisotopic (exact) mass is 358 g/mol. The molecule has 1 aromatic heterocycles. The number of amides is 1. The molecule has 0 saturated carbocycles. The number of hydrogen-bond donors (Lipinski definition) is 2. The molecule has 0 spiro atoms. The molecule has 1 amide bonds. The number of aromatic amines is 1. The number of nitrogens with zero attached hydrogens (tertiary/aromatic N) is 2. The zero-order valence-electron chi connectivity index (χ0n) is 15.0. The number of carbonyl (C=O) groups is 1. The normalized spacial score (nSPS) is 17.2. The van der Waals surface area contributed by atoms with E-state index in [9.17, 15) is 14.0 Å². The second kappa shape index (κ2) is 7.68. The quantitative estimate of drug-likeness (QED) is 0.878. The largest absolute Gasteiger partial charge is 0.381 e. The van der Waals surface area contributed by atoms with Gasteiger partial charge in [-0.2, -0.15) is 0 Å². The SMILES string of the molecule is Cc1nc(C)c(CC(=O)N2CCCC(Nc3ccc(F)cc3)C2)c(=O)[nH]1. The van der Waals surface area contributed by atoms with Crippen molar-refractivity contribution in [2.75, 3.05) is 18.4 Å². The number of piperidine rings is 1. The highest BCUT2D eigenvalue weighted by molar-refractivity contribution is 5.79. The Morgan fingerprint density at radius 2 is 2.08 bits per heavy atom. The van der Waals surface area contributed by atoms with E-state index in [0.717, 1.165) is 18.5 Å². The first-order valence-corrected chi connectivity index (χ1v) is 8.78. The topological polar surface area (TPSA) is 78.1 Å². The number of likely N-dealkylation sites (tertiary alicyclic amines) is 1. The van der Waals surface area contributed by atoms with Gasteiger partial charge in [0.25, 0.3) is 5.56 Å². The average molecular weight is 358 g/mol. The van der Waals surface area contributed by atoms with Crippen LogP contribution in [0.25, 0.3) is 0 Å². The van der Waals surface area contributed by atoms with Crippen LogP contribution in [0.5, 0.6) is 0 Å². The number of aryl methyl sites for hydroxylation is 2. The van der Waals surface area contributed by atoms with Gasteiger partial charge in [0.15, 0.2) is 0 Å². The Balaban J connectivity index is 1.64. The molecule has 1 aromatic carbocycles. The van der Waals surface area contributed by atoms with Gasteiger partial charge in [0, 0.05) is 36.1 Å². The lowest BCUT2D eigenvalue weighted by Gasteiger charge is -2.34. The zero-order valence-corrected chi connectivity index (χ0v) is 15.0. The molecule has 26 heavy (non-hydrogen) atoms. The first kappa shape index (κ1) is 18.1. The van der Waals surface area contributed by atoms with Crippen molar-refractivity contribution in [2.45, 2.75) is 39.2 Å². The molecule has 138 valence electrons. The molecule has 0 bridgehead atoms. The van der Waals surface area contributed by atoms with Gasteiger partial charge < -0.3 is 15.2 Å². The molecule has 2 aromatic rings. The molecule has 7 heteroatoms. The Kier molecular flexibility index (Phi) is 5.35. The molecule has 1 saturated heterocycles. The third kappa shape index (κ3) is 4.28. The van der Waals surface area contributed by atoms with Crippen LogP contribution in [0.4, 0.5) is 10.1 Å². The fraction of sp³-hybridized carbons (Fsp3) is 0.421. The van der Waals surface area contributed by atoms with E-state index in [4.69, 9.17) is 0 Å². The van der Waals surface area contributed by atoms with Crippen LogP contribution < -0.4 is 10.9 Å². The van der Waals surface area contributed by atoms with Crippen LogP contribution in [-0.4, -0.2) is 39.9 Å². The summed E-state index contributed by atoms with van der Waals surface area (Å²) < 4.78 is 13.0. The van der Waals surface area contributed by atoms with E-state index in [1.807, 2.05) is 0 Å². The third-order valence-electron chi connectivity index (χ3n) is 4.66. The van der Waals surface area contributed by atoms with Crippen molar-refractivity contribution in [3.8, 4) is 0 Å². The molecule has 0 radical (unpaired) electrons. The number of nitrogens with one attached hydrogen (secondary N) is 2.